The summed E-state index contributed by atoms with van der Waals surface area (Å²) in [5.74, 6) is 0.575. The van der Waals surface area contributed by atoms with Crippen molar-refractivity contribution in [3.05, 3.63) is 29.3 Å². The second kappa shape index (κ2) is 6.47. The van der Waals surface area contributed by atoms with Crippen molar-refractivity contribution in [2.75, 3.05) is 6.61 Å². The predicted molar refractivity (Wildman–Crippen MR) is 88.2 cm³/mol. The van der Waals surface area contributed by atoms with E-state index in [0.717, 1.165) is 12.8 Å². The first-order valence-corrected chi connectivity index (χ1v) is 8.08. The van der Waals surface area contributed by atoms with Crippen molar-refractivity contribution in [2.24, 2.45) is 0 Å². The molecule has 1 aliphatic rings. The minimum Gasteiger partial charge on any atom is -0.484 e. The van der Waals surface area contributed by atoms with Crippen LogP contribution in [0.1, 0.15) is 40.5 Å². The zero-order chi connectivity index (χ0) is 16.4. The highest BCUT2D eigenvalue weighted by Gasteiger charge is 2.42. The van der Waals surface area contributed by atoms with Gasteiger partial charge in [-0.25, -0.2) is 0 Å². The van der Waals surface area contributed by atoms with Gasteiger partial charge in [-0.05, 0) is 52.0 Å². The Balaban J connectivity index is 1.85. The third-order valence-electron chi connectivity index (χ3n) is 3.88. The van der Waals surface area contributed by atoms with Crippen LogP contribution in [0.5, 0.6) is 5.75 Å². The van der Waals surface area contributed by atoms with E-state index in [1.807, 2.05) is 0 Å². The summed E-state index contributed by atoms with van der Waals surface area (Å²) in [7, 11) is 0. The average molecular weight is 326 g/mol. The summed E-state index contributed by atoms with van der Waals surface area (Å²) < 4.78 is 5.49. The van der Waals surface area contributed by atoms with E-state index in [2.05, 4.69) is 38.3 Å². The van der Waals surface area contributed by atoms with E-state index in [4.69, 9.17) is 16.3 Å². The van der Waals surface area contributed by atoms with Crippen molar-refractivity contribution in [1.82, 2.24) is 5.32 Å². The number of benzene rings is 1. The molecule has 1 aromatic carbocycles. The van der Waals surface area contributed by atoms with Crippen molar-refractivity contribution < 1.29 is 14.8 Å². The van der Waals surface area contributed by atoms with Crippen LogP contribution in [-0.2, 0) is 4.79 Å². The standard InChI is InChI=1S/C17H25ClN2O2/c1-16(2)9-13(10-17(3,4)20-16)19-15(21)11-22-14-7-5-12(18)6-8-14/h5-8,13,20H,9-11H2,1-4H3,(H,19,21)/p+1. The normalized spacial score (nSPS) is 20.4. The van der Waals surface area contributed by atoms with Gasteiger partial charge in [-0.3, -0.25) is 4.79 Å². The number of piperidine rings is 1. The lowest BCUT2D eigenvalue weighted by molar-refractivity contribution is -0.787. The Morgan fingerprint density at radius 2 is 1.77 bits per heavy atom. The molecule has 1 heterocycles. The van der Waals surface area contributed by atoms with Crippen LogP contribution >= 0.6 is 11.6 Å². The molecular weight excluding hydrogens is 300 g/mol. The van der Waals surface area contributed by atoms with Gasteiger partial charge in [0.25, 0.3) is 5.91 Å². The van der Waals surface area contributed by atoms with Gasteiger partial charge in [-0.2, -0.15) is 0 Å². The van der Waals surface area contributed by atoms with Gasteiger partial charge in [-0.1, -0.05) is 11.6 Å². The molecule has 0 aliphatic carbocycles. The zero-order valence-corrected chi connectivity index (χ0v) is 14.5. The van der Waals surface area contributed by atoms with Crippen LogP contribution < -0.4 is 15.4 Å². The van der Waals surface area contributed by atoms with Gasteiger partial charge < -0.3 is 15.4 Å². The fourth-order valence-corrected chi connectivity index (χ4v) is 3.69. The monoisotopic (exact) mass is 325 g/mol. The predicted octanol–water partition coefficient (Wildman–Crippen LogP) is 2.12. The first kappa shape index (κ1) is 17.1. The SMILES string of the molecule is CC1(C)CC(NC(=O)COc2ccc(Cl)cc2)CC(C)(C)[NH2+]1. The lowest BCUT2D eigenvalue weighted by Gasteiger charge is -2.43. The van der Waals surface area contributed by atoms with Crippen LogP contribution in [0.3, 0.4) is 0 Å². The minimum absolute atomic E-state index is 0.0305. The van der Waals surface area contributed by atoms with Crippen LogP contribution in [-0.4, -0.2) is 29.6 Å². The van der Waals surface area contributed by atoms with Gasteiger partial charge in [0.2, 0.25) is 0 Å². The lowest BCUT2D eigenvalue weighted by atomic mass is 9.79. The molecular formula is C17H26ClN2O2+. The Bertz CT molecular complexity index is 510. The third-order valence-corrected chi connectivity index (χ3v) is 4.13. The molecule has 1 aromatic rings. The van der Waals surface area contributed by atoms with E-state index < -0.39 is 0 Å². The summed E-state index contributed by atoms with van der Waals surface area (Å²) in [4.78, 5) is 12.1. The summed E-state index contributed by atoms with van der Waals surface area (Å²) >= 11 is 5.82. The Labute approximate surface area is 137 Å². The summed E-state index contributed by atoms with van der Waals surface area (Å²) in [5, 5.41) is 6.15. The number of carbonyl (C=O) groups excluding carboxylic acids is 1. The number of rotatable bonds is 4. The van der Waals surface area contributed by atoms with Crippen LogP contribution in [0.2, 0.25) is 5.02 Å². The highest BCUT2D eigenvalue weighted by Crippen LogP contribution is 2.21. The molecule has 2 rings (SSSR count). The molecule has 1 saturated heterocycles. The molecule has 5 heteroatoms. The van der Waals surface area contributed by atoms with Crippen molar-refractivity contribution in [3.8, 4) is 5.75 Å². The smallest absolute Gasteiger partial charge is 0.258 e. The van der Waals surface area contributed by atoms with Gasteiger partial charge in [-0.15, -0.1) is 0 Å². The topological polar surface area (TPSA) is 54.9 Å². The van der Waals surface area contributed by atoms with E-state index in [0.29, 0.717) is 10.8 Å². The number of amides is 1. The quantitative estimate of drug-likeness (QED) is 0.891. The summed E-state index contributed by atoms with van der Waals surface area (Å²) in [6, 6.07) is 7.21. The Morgan fingerprint density at radius 1 is 1.23 bits per heavy atom. The van der Waals surface area contributed by atoms with Crippen molar-refractivity contribution in [1.29, 1.82) is 0 Å². The molecule has 0 spiro atoms. The van der Waals surface area contributed by atoms with E-state index in [9.17, 15) is 4.79 Å². The van der Waals surface area contributed by atoms with Crippen molar-refractivity contribution >= 4 is 17.5 Å². The van der Waals surface area contributed by atoms with Gasteiger partial charge in [0.05, 0.1) is 11.1 Å². The second-order valence-electron chi connectivity index (χ2n) is 7.54. The van der Waals surface area contributed by atoms with E-state index in [1.165, 1.54) is 0 Å². The Morgan fingerprint density at radius 3 is 2.32 bits per heavy atom. The molecule has 3 N–H and O–H groups in total. The first-order valence-electron chi connectivity index (χ1n) is 7.70. The molecule has 122 valence electrons. The largest absolute Gasteiger partial charge is 0.484 e. The maximum Gasteiger partial charge on any atom is 0.258 e. The molecule has 0 atom stereocenters. The van der Waals surface area contributed by atoms with Crippen molar-refractivity contribution in [3.63, 3.8) is 0 Å². The van der Waals surface area contributed by atoms with Crippen LogP contribution in [0.4, 0.5) is 0 Å². The first-order chi connectivity index (χ1) is 10.2. The maximum atomic E-state index is 12.1. The van der Waals surface area contributed by atoms with Gasteiger partial charge in [0, 0.05) is 23.9 Å². The summed E-state index contributed by atoms with van der Waals surface area (Å²) in [6.07, 6.45) is 1.92. The average Bonchev–Trinajstić information content (AvgIpc) is 2.34. The Kier molecular flexibility index (Phi) is 5.03. The van der Waals surface area contributed by atoms with E-state index >= 15 is 0 Å². The highest BCUT2D eigenvalue weighted by molar-refractivity contribution is 6.30. The van der Waals surface area contributed by atoms with E-state index in [1.54, 1.807) is 24.3 Å². The number of carbonyl (C=O) groups is 1. The molecule has 4 nitrogen and oxygen atoms in total. The van der Waals surface area contributed by atoms with Gasteiger partial charge >= 0.3 is 0 Å². The molecule has 0 saturated carbocycles. The fourth-order valence-electron chi connectivity index (χ4n) is 3.57. The van der Waals surface area contributed by atoms with Crippen LogP contribution in [0.15, 0.2) is 24.3 Å². The molecule has 1 amide bonds. The minimum atomic E-state index is -0.0755. The summed E-state index contributed by atoms with van der Waals surface area (Å²) in [6.45, 7) is 8.91. The highest BCUT2D eigenvalue weighted by atomic mass is 35.5. The van der Waals surface area contributed by atoms with Gasteiger partial charge in [0.15, 0.2) is 6.61 Å². The molecule has 1 fully saturated rings. The maximum absolute atomic E-state index is 12.1. The van der Waals surface area contributed by atoms with Crippen LogP contribution in [0.25, 0.3) is 0 Å². The van der Waals surface area contributed by atoms with Gasteiger partial charge in [0.1, 0.15) is 5.75 Å². The third kappa shape index (κ3) is 5.18. The zero-order valence-electron chi connectivity index (χ0n) is 13.8. The molecule has 0 bridgehead atoms. The van der Waals surface area contributed by atoms with E-state index in [-0.39, 0.29) is 29.6 Å². The molecule has 1 aliphatic heterocycles. The number of halogens is 1. The molecule has 0 unspecified atom stereocenters. The molecule has 0 radical (unpaired) electrons. The number of nitrogens with one attached hydrogen (secondary N) is 1. The molecule has 0 aromatic heterocycles. The lowest BCUT2D eigenvalue weighted by Crippen LogP contribution is -3.06. The second-order valence-corrected chi connectivity index (χ2v) is 7.97. The van der Waals surface area contributed by atoms with Crippen LogP contribution in [0, 0.1) is 0 Å². The number of hydrogen-bond donors (Lipinski definition) is 2. The Hall–Kier alpha value is -1.26. The number of hydrogen-bond acceptors (Lipinski definition) is 2. The number of ether oxygens (including phenoxy) is 1. The number of quaternary nitrogens is 1. The summed E-state index contributed by atoms with van der Waals surface area (Å²) in [5.41, 5.74) is 0.271. The van der Waals surface area contributed by atoms with Crippen molar-refractivity contribution in [2.45, 2.75) is 57.7 Å². The fraction of sp³-hybridized carbons (Fsp3) is 0.588. The molecule has 22 heavy (non-hydrogen) atoms. The number of nitrogens with two attached hydrogens (primary N) is 1.